The van der Waals surface area contributed by atoms with Crippen LogP contribution in [0.1, 0.15) is 45.4 Å². The first-order valence-corrected chi connectivity index (χ1v) is 8.45. The Balaban J connectivity index is 1.61. The van der Waals surface area contributed by atoms with Crippen molar-refractivity contribution in [1.29, 1.82) is 0 Å². The third-order valence-corrected chi connectivity index (χ3v) is 6.28. The Hall–Kier alpha value is 0.270. The van der Waals surface area contributed by atoms with Gasteiger partial charge in [0.2, 0.25) is 0 Å². The molecule has 18 heavy (non-hydrogen) atoms. The Bertz CT molecular complexity index is 285. The topological polar surface area (TPSA) is 6.48 Å². The maximum absolute atomic E-state index is 4.62. The van der Waals surface area contributed by atoms with Crippen molar-refractivity contribution < 1.29 is 0 Å². The number of thiol groups is 1. The number of piperidine rings is 1. The molecule has 0 bridgehead atoms. The van der Waals surface area contributed by atoms with Crippen LogP contribution in [-0.4, -0.2) is 53.8 Å². The summed E-state index contributed by atoms with van der Waals surface area (Å²) in [6.45, 7) is 7.70. The first-order chi connectivity index (χ1) is 8.72. The van der Waals surface area contributed by atoms with Gasteiger partial charge in [-0.15, -0.1) is 0 Å². The quantitative estimate of drug-likeness (QED) is 0.786. The Labute approximate surface area is 118 Å². The largest absolute Gasteiger partial charge is 0.298 e. The van der Waals surface area contributed by atoms with Gasteiger partial charge in [-0.05, 0) is 50.3 Å². The Morgan fingerprint density at radius 2 is 2.00 bits per heavy atom. The summed E-state index contributed by atoms with van der Waals surface area (Å²) in [5, 5.41) is 0. The second-order valence-electron chi connectivity index (χ2n) is 6.93. The lowest BCUT2D eigenvalue weighted by Gasteiger charge is -2.52. The highest BCUT2D eigenvalue weighted by molar-refractivity contribution is 7.80. The van der Waals surface area contributed by atoms with E-state index in [0.717, 1.165) is 17.8 Å². The van der Waals surface area contributed by atoms with Crippen LogP contribution in [0.3, 0.4) is 0 Å². The first kappa shape index (κ1) is 13.3. The first-order valence-electron chi connectivity index (χ1n) is 7.81. The normalized spacial score (nSPS) is 37.0. The minimum atomic E-state index is 0.564. The van der Waals surface area contributed by atoms with Gasteiger partial charge in [-0.25, -0.2) is 0 Å². The van der Waals surface area contributed by atoms with Gasteiger partial charge < -0.3 is 0 Å². The number of nitrogens with zero attached hydrogens (tertiary/aromatic N) is 2. The van der Waals surface area contributed by atoms with Crippen molar-refractivity contribution in [3.05, 3.63) is 0 Å². The Kier molecular flexibility index (Phi) is 3.93. The van der Waals surface area contributed by atoms with Crippen molar-refractivity contribution in [2.45, 2.75) is 57.5 Å². The molecule has 1 aliphatic carbocycles. The second kappa shape index (κ2) is 5.34. The van der Waals surface area contributed by atoms with E-state index in [0.29, 0.717) is 5.41 Å². The zero-order valence-electron chi connectivity index (χ0n) is 11.8. The van der Waals surface area contributed by atoms with Crippen molar-refractivity contribution in [2.75, 3.05) is 31.9 Å². The fraction of sp³-hybridized carbons (Fsp3) is 1.00. The van der Waals surface area contributed by atoms with Gasteiger partial charge in [0.15, 0.2) is 0 Å². The molecular formula is C15H28N2S. The molecule has 2 nitrogen and oxygen atoms in total. The zero-order chi connectivity index (χ0) is 12.6. The summed E-state index contributed by atoms with van der Waals surface area (Å²) in [5.41, 5.74) is 0.564. The highest BCUT2D eigenvalue weighted by Crippen LogP contribution is 2.43. The van der Waals surface area contributed by atoms with Crippen molar-refractivity contribution >= 4 is 12.6 Å². The maximum atomic E-state index is 4.62. The lowest BCUT2D eigenvalue weighted by Crippen LogP contribution is -2.61. The van der Waals surface area contributed by atoms with Crippen molar-refractivity contribution in [3.8, 4) is 0 Å². The molecule has 104 valence electrons. The van der Waals surface area contributed by atoms with Gasteiger partial charge in [-0.2, -0.15) is 12.6 Å². The number of fused-ring (bicyclic) bond motifs is 1. The van der Waals surface area contributed by atoms with Crippen LogP contribution in [-0.2, 0) is 0 Å². The number of hydrogen-bond donors (Lipinski definition) is 1. The molecule has 0 aromatic heterocycles. The summed E-state index contributed by atoms with van der Waals surface area (Å²) in [6.07, 6.45) is 8.54. The molecule has 0 radical (unpaired) electrons. The van der Waals surface area contributed by atoms with Crippen molar-refractivity contribution in [1.82, 2.24) is 9.80 Å². The molecule has 2 aliphatic heterocycles. The highest BCUT2D eigenvalue weighted by atomic mass is 32.1. The molecular weight excluding hydrogens is 240 g/mol. The van der Waals surface area contributed by atoms with Crippen LogP contribution in [0.4, 0.5) is 0 Å². The molecule has 0 amide bonds. The van der Waals surface area contributed by atoms with Crippen LogP contribution < -0.4 is 0 Å². The van der Waals surface area contributed by atoms with E-state index in [9.17, 15) is 0 Å². The summed E-state index contributed by atoms with van der Waals surface area (Å²) in [5.74, 6) is 1.09. The summed E-state index contributed by atoms with van der Waals surface area (Å²) < 4.78 is 0. The SMILES string of the molecule is CC1CN2CCCCC2CN1CC1(CS)CCC1. The Morgan fingerprint density at radius 3 is 2.67 bits per heavy atom. The van der Waals surface area contributed by atoms with Crippen molar-refractivity contribution in [2.24, 2.45) is 5.41 Å². The fourth-order valence-corrected chi connectivity index (χ4v) is 4.52. The molecule has 2 heterocycles. The maximum Gasteiger partial charge on any atom is 0.0223 e. The summed E-state index contributed by atoms with van der Waals surface area (Å²) in [7, 11) is 0. The Morgan fingerprint density at radius 1 is 1.17 bits per heavy atom. The molecule has 3 heteroatoms. The average Bonchev–Trinajstić information content (AvgIpc) is 2.34. The van der Waals surface area contributed by atoms with E-state index >= 15 is 0 Å². The molecule has 0 aromatic carbocycles. The predicted octanol–water partition coefficient (Wildman–Crippen LogP) is 2.65. The van der Waals surface area contributed by atoms with Gasteiger partial charge >= 0.3 is 0 Å². The van der Waals surface area contributed by atoms with E-state index in [-0.39, 0.29) is 0 Å². The summed E-state index contributed by atoms with van der Waals surface area (Å²) >= 11 is 4.62. The third kappa shape index (κ3) is 2.46. The zero-order valence-corrected chi connectivity index (χ0v) is 12.7. The minimum absolute atomic E-state index is 0.564. The van der Waals surface area contributed by atoms with Gasteiger partial charge in [-0.1, -0.05) is 12.8 Å². The molecule has 0 spiro atoms. The molecule has 3 rings (SSSR count). The van der Waals surface area contributed by atoms with Gasteiger partial charge in [0.05, 0.1) is 0 Å². The molecule has 3 aliphatic rings. The van der Waals surface area contributed by atoms with Crippen LogP contribution in [0.5, 0.6) is 0 Å². The molecule has 3 fully saturated rings. The lowest BCUT2D eigenvalue weighted by atomic mass is 9.69. The third-order valence-electron chi connectivity index (χ3n) is 5.60. The van der Waals surface area contributed by atoms with E-state index < -0.39 is 0 Å². The molecule has 2 atom stereocenters. The van der Waals surface area contributed by atoms with Crippen LogP contribution >= 0.6 is 12.6 Å². The lowest BCUT2D eigenvalue weighted by molar-refractivity contribution is -0.0187. The van der Waals surface area contributed by atoms with Gasteiger partial charge in [0.25, 0.3) is 0 Å². The average molecular weight is 268 g/mol. The number of rotatable bonds is 3. The standard InChI is InChI=1S/C15H28N2S/c1-13-9-16-8-3-2-5-14(16)10-17(13)11-15(12-18)6-4-7-15/h13-14,18H,2-12H2,1H3. The van der Waals surface area contributed by atoms with Gasteiger partial charge in [0.1, 0.15) is 0 Å². The van der Waals surface area contributed by atoms with Crippen LogP contribution in [0.2, 0.25) is 0 Å². The smallest absolute Gasteiger partial charge is 0.0223 e. The number of piperazine rings is 1. The fourth-order valence-electron chi connectivity index (χ4n) is 4.11. The van der Waals surface area contributed by atoms with E-state index in [1.807, 2.05) is 0 Å². The molecule has 2 saturated heterocycles. The van der Waals surface area contributed by atoms with E-state index in [4.69, 9.17) is 0 Å². The molecule has 0 N–H and O–H groups in total. The molecule has 1 saturated carbocycles. The highest BCUT2D eigenvalue weighted by Gasteiger charge is 2.41. The molecule has 2 unspecified atom stereocenters. The summed E-state index contributed by atoms with van der Waals surface area (Å²) in [6, 6.07) is 1.60. The van der Waals surface area contributed by atoms with Crippen LogP contribution in [0.15, 0.2) is 0 Å². The predicted molar refractivity (Wildman–Crippen MR) is 80.4 cm³/mol. The van der Waals surface area contributed by atoms with Crippen molar-refractivity contribution in [3.63, 3.8) is 0 Å². The van der Waals surface area contributed by atoms with Gasteiger partial charge in [0, 0.05) is 31.7 Å². The van der Waals surface area contributed by atoms with Gasteiger partial charge in [-0.3, -0.25) is 9.80 Å². The number of hydrogen-bond acceptors (Lipinski definition) is 3. The van der Waals surface area contributed by atoms with E-state index in [1.165, 1.54) is 64.7 Å². The van der Waals surface area contributed by atoms with E-state index in [1.54, 1.807) is 0 Å². The van der Waals surface area contributed by atoms with Crippen LogP contribution in [0, 0.1) is 5.41 Å². The second-order valence-corrected chi connectivity index (χ2v) is 7.25. The summed E-state index contributed by atoms with van der Waals surface area (Å²) in [4.78, 5) is 5.53. The van der Waals surface area contributed by atoms with Crippen LogP contribution in [0.25, 0.3) is 0 Å². The van der Waals surface area contributed by atoms with E-state index in [2.05, 4.69) is 29.4 Å². The minimum Gasteiger partial charge on any atom is -0.298 e. The molecule has 0 aromatic rings. The monoisotopic (exact) mass is 268 g/mol.